The number of para-hydroxylation sites is 1. The Labute approximate surface area is 405 Å². The molecule has 332 valence electrons. The Morgan fingerprint density at radius 3 is 1.78 bits per heavy atom. The van der Waals surface area contributed by atoms with Gasteiger partial charge in [0.1, 0.15) is 11.6 Å². The Kier molecular flexibility index (Phi) is 8.45. The normalized spacial score (nSPS) is 16.0. The van der Waals surface area contributed by atoms with Crippen molar-refractivity contribution in [1.82, 2.24) is 14.5 Å². The summed E-state index contributed by atoms with van der Waals surface area (Å²) in [6.07, 6.45) is 1.78. The summed E-state index contributed by atoms with van der Waals surface area (Å²) in [5, 5.41) is 12.8. The standard InChI is InChI=1S/C61H67N3O/c1-37(2)49-32-43(40-21-16-15-17-22-40)33-50(38(3)4)56(49)64-54-25-19-24-48(55(54)63-58(64)51-35-47(60(9,10)11)36-52(57(51)65)61(12,13)14)44-29-45(31-46(30-44)59(6,7)8)53-34-42(26-27-62-53)41-23-18-20-39(5)28-41/h15-38,65H,1-14H3/i1D3,2D3,3D3,4D3. The maximum Gasteiger partial charge on any atom is 0.149 e. The van der Waals surface area contributed by atoms with Gasteiger partial charge in [-0.1, -0.05) is 174 Å². The van der Waals surface area contributed by atoms with Gasteiger partial charge in [0.15, 0.2) is 0 Å². The molecule has 0 aliphatic carbocycles. The summed E-state index contributed by atoms with van der Waals surface area (Å²) in [6, 6.07) is 39.0. The lowest BCUT2D eigenvalue weighted by Gasteiger charge is -2.28. The number of hydrogen-bond donors (Lipinski definition) is 1. The number of hydrogen-bond acceptors (Lipinski definition) is 3. The molecule has 0 atom stereocenters. The molecule has 4 heteroatoms. The molecule has 65 heavy (non-hydrogen) atoms. The number of aryl methyl sites for hydroxylation is 1. The predicted octanol–water partition coefficient (Wildman–Crippen LogP) is 16.9. The van der Waals surface area contributed by atoms with Crippen LogP contribution in [0.4, 0.5) is 0 Å². The molecule has 0 radical (unpaired) electrons. The largest absolute Gasteiger partial charge is 0.507 e. The topological polar surface area (TPSA) is 50.9 Å². The Bertz CT molecular complexity index is 3430. The third-order valence-corrected chi connectivity index (χ3v) is 12.3. The van der Waals surface area contributed by atoms with Gasteiger partial charge < -0.3 is 5.11 Å². The highest BCUT2D eigenvalue weighted by molar-refractivity contribution is 5.97. The van der Waals surface area contributed by atoms with Crippen molar-refractivity contribution in [2.24, 2.45) is 0 Å². The highest BCUT2D eigenvalue weighted by Crippen LogP contribution is 2.47. The SMILES string of the molecule is [2H]C([2H])([2H])C(c1cc(-c2ccccc2)cc(C(C([2H])([2H])[2H])C([2H])([2H])[2H])c1-n1c(-c2cc(C(C)(C)C)cc(C(C)(C)C)c2O)nc2c(-c3cc(-c4cc(-c5cccc(C)c5)ccn4)cc(C(C)(C)C)c3)cccc21)C([2H])([2H])[2H]. The summed E-state index contributed by atoms with van der Waals surface area (Å²) in [7, 11) is 0. The first-order valence-corrected chi connectivity index (χ1v) is 22.3. The molecule has 4 nitrogen and oxygen atoms in total. The Morgan fingerprint density at radius 2 is 1.15 bits per heavy atom. The molecule has 0 unspecified atom stereocenters. The maximum absolute atomic E-state index is 12.8. The molecule has 0 spiro atoms. The van der Waals surface area contributed by atoms with E-state index in [9.17, 15) is 5.11 Å². The number of fused-ring (bicyclic) bond motifs is 1. The minimum Gasteiger partial charge on any atom is -0.507 e. The quantitative estimate of drug-likeness (QED) is 0.165. The summed E-state index contributed by atoms with van der Waals surface area (Å²) in [5.74, 6) is -4.75. The van der Waals surface area contributed by atoms with E-state index in [0.29, 0.717) is 33.5 Å². The lowest BCUT2D eigenvalue weighted by atomic mass is 9.78. The Morgan fingerprint density at radius 1 is 0.538 bits per heavy atom. The molecular formula is C61H67N3O. The molecule has 8 rings (SSSR count). The van der Waals surface area contributed by atoms with Gasteiger partial charge in [-0.3, -0.25) is 9.55 Å². The highest BCUT2D eigenvalue weighted by atomic mass is 16.3. The maximum atomic E-state index is 12.8. The lowest BCUT2D eigenvalue weighted by molar-refractivity contribution is 0.446. The van der Waals surface area contributed by atoms with Crippen LogP contribution < -0.4 is 0 Å². The zero-order valence-electron chi connectivity index (χ0n) is 51.1. The lowest BCUT2D eigenvalue weighted by Crippen LogP contribution is -2.17. The number of aromatic hydroxyl groups is 1. The highest BCUT2D eigenvalue weighted by Gasteiger charge is 2.31. The average Bonchev–Trinajstić information content (AvgIpc) is 3.81. The first-order chi connectivity index (χ1) is 35.4. The van der Waals surface area contributed by atoms with Crippen molar-refractivity contribution in [3.8, 4) is 67.5 Å². The Hall–Kier alpha value is -6.26. The number of benzene rings is 6. The van der Waals surface area contributed by atoms with Crippen molar-refractivity contribution in [3.05, 3.63) is 167 Å². The molecule has 0 amide bonds. The molecular weight excluding hydrogens is 791 g/mol. The van der Waals surface area contributed by atoms with E-state index in [1.807, 2.05) is 90.9 Å². The second-order valence-corrected chi connectivity index (χ2v) is 20.4. The van der Waals surface area contributed by atoms with Crippen LogP contribution in [0, 0.1) is 6.92 Å². The molecule has 8 aromatic rings. The molecule has 0 fully saturated rings. The van der Waals surface area contributed by atoms with Gasteiger partial charge in [0.05, 0.1) is 28.0 Å². The minimum absolute atomic E-state index is 0.000834. The minimum atomic E-state index is -3.26. The van der Waals surface area contributed by atoms with Crippen molar-refractivity contribution >= 4 is 11.0 Å². The van der Waals surface area contributed by atoms with E-state index in [2.05, 4.69) is 45.0 Å². The van der Waals surface area contributed by atoms with Crippen LogP contribution in [0.3, 0.4) is 0 Å². The van der Waals surface area contributed by atoms with Crippen molar-refractivity contribution in [2.75, 3.05) is 0 Å². The van der Waals surface area contributed by atoms with E-state index in [1.54, 1.807) is 54.7 Å². The van der Waals surface area contributed by atoms with Crippen LogP contribution in [-0.4, -0.2) is 19.6 Å². The van der Waals surface area contributed by atoms with Crippen LogP contribution in [0.25, 0.3) is 72.7 Å². The van der Waals surface area contributed by atoms with Crippen LogP contribution in [0.1, 0.15) is 151 Å². The van der Waals surface area contributed by atoms with Gasteiger partial charge in [0.2, 0.25) is 0 Å². The van der Waals surface area contributed by atoms with Gasteiger partial charge in [0.25, 0.3) is 0 Å². The van der Waals surface area contributed by atoms with E-state index >= 15 is 0 Å². The zero-order chi connectivity index (χ0) is 56.7. The van der Waals surface area contributed by atoms with E-state index in [-0.39, 0.29) is 50.4 Å². The second-order valence-electron chi connectivity index (χ2n) is 20.4. The molecule has 0 saturated carbocycles. The van der Waals surface area contributed by atoms with Crippen molar-refractivity contribution < 1.29 is 21.6 Å². The fourth-order valence-corrected chi connectivity index (χ4v) is 8.68. The van der Waals surface area contributed by atoms with E-state index in [0.717, 1.165) is 33.4 Å². The van der Waals surface area contributed by atoms with Gasteiger partial charge in [0, 0.05) is 39.3 Å². The van der Waals surface area contributed by atoms with E-state index < -0.39 is 50.1 Å². The number of rotatable bonds is 8. The zero-order valence-corrected chi connectivity index (χ0v) is 39.1. The van der Waals surface area contributed by atoms with Crippen LogP contribution in [0.2, 0.25) is 0 Å². The number of pyridine rings is 1. The van der Waals surface area contributed by atoms with E-state index in [4.69, 9.17) is 26.4 Å². The van der Waals surface area contributed by atoms with Gasteiger partial charge in [-0.25, -0.2) is 4.98 Å². The Balaban J connectivity index is 1.61. The number of phenolic OH excluding ortho intramolecular Hbond substituents is 1. The summed E-state index contributed by atoms with van der Waals surface area (Å²) < 4.78 is 109. The van der Waals surface area contributed by atoms with Crippen LogP contribution >= 0.6 is 0 Å². The van der Waals surface area contributed by atoms with Gasteiger partial charge in [-0.2, -0.15) is 0 Å². The first kappa shape index (κ1) is 32.4. The monoisotopic (exact) mass is 870 g/mol. The van der Waals surface area contributed by atoms with Crippen molar-refractivity contribution in [1.29, 1.82) is 0 Å². The van der Waals surface area contributed by atoms with Gasteiger partial charge in [-0.05, 0) is 134 Å². The fourth-order valence-electron chi connectivity index (χ4n) is 8.68. The molecule has 1 N–H and O–H groups in total. The summed E-state index contributed by atoms with van der Waals surface area (Å²) in [6.45, 7) is 7.28. The summed E-state index contributed by atoms with van der Waals surface area (Å²) in [5.41, 5.74) is 7.14. The number of imidazole rings is 1. The van der Waals surface area contributed by atoms with Crippen molar-refractivity contribution in [2.45, 2.75) is 125 Å². The smallest absolute Gasteiger partial charge is 0.149 e. The average molecular weight is 870 g/mol. The summed E-state index contributed by atoms with van der Waals surface area (Å²) in [4.78, 5) is 10.3. The van der Waals surface area contributed by atoms with Gasteiger partial charge in [-0.15, -0.1) is 0 Å². The van der Waals surface area contributed by atoms with Crippen LogP contribution in [0.5, 0.6) is 5.75 Å². The second kappa shape index (κ2) is 16.9. The first-order valence-electron chi connectivity index (χ1n) is 28.3. The van der Waals surface area contributed by atoms with Gasteiger partial charge >= 0.3 is 0 Å². The van der Waals surface area contributed by atoms with Crippen LogP contribution in [-0.2, 0) is 16.2 Å². The number of nitrogens with zero attached hydrogens (tertiary/aromatic N) is 3. The van der Waals surface area contributed by atoms with E-state index in [1.165, 1.54) is 16.7 Å². The molecule has 2 heterocycles. The van der Waals surface area contributed by atoms with Crippen LogP contribution in [0.15, 0.2) is 134 Å². The predicted molar refractivity (Wildman–Crippen MR) is 277 cm³/mol. The number of aromatic nitrogens is 3. The van der Waals surface area contributed by atoms with Crippen molar-refractivity contribution in [3.63, 3.8) is 0 Å². The number of phenols is 1. The molecule has 0 aliphatic rings. The molecule has 2 aromatic heterocycles. The third-order valence-electron chi connectivity index (χ3n) is 12.3. The summed E-state index contributed by atoms with van der Waals surface area (Å²) >= 11 is 0. The molecule has 0 bridgehead atoms. The molecule has 0 aliphatic heterocycles. The fraction of sp³-hybridized carbons (Fsp3) is 0.311. The molecule has 6 aromatic carbocycles. The molecule has 0 saturated heterocycles. The third kappa shape index (κ3) is 8.93.